The molecule has 2 rings (SSSR count). The topological polar surface area (TPSA) is 59.1 Å². The van der Waals surface area contributed by atoms with E-state index in [-0.39, 0.29) is 0 Å². The highest BCUT2D eigenvalue weighted by atomic mass is 32.2. The van der Waals surface area contributed by atoms with Crippen molar-refractivity contribution >= 4 is 15.7 Å². The van der Waals surface area contributed by atoms with E-state index < -0.39 is 10.0 Å². The van der Waals surface area contributed by atoms with E-state index in [1.54, 1.807) is 12.3 Å². The molecule has 0 saturated carbocycles. The molecule has 0 fully saturated rings. The standard InChI is InChI=1S/C12H12N2O2S/c1-17(15,16)14-12-7-11(8-13-9-12)10-5-3-2-4-6-10/h2-9,14H,1H3. The number of aromatic nitrogens is 1. The lowest BCUT2D eigenvalue weighted by Gasteiger charge is -2.05. The molecule has 0 saturated heterocycles. The summed E-state index contributed by atoms with van der Waals surface area (Å²) in [4.78, 5) is 4.02. The molecule has 0 unspecified atom stereocenters. The number of anilines is 1. The van der Waals surface area contributed by atoms with Crippen molar-refractivity contribution in [2.75, 3.05) is 11.0 Å². The van der Waals surface area contributed by atoms with Crippen molar-refractivity contribution in [1.29, 1.82) is 0 Å². The Morgan fingerprint density at radius 2 is 1.76 bits per heavy atom. The predicted octanol–water partition coefficient (Wildman–Crippen LogP) is 2.12. The predicted molar refractivity (Wildman–Crippen MR) is 68.1 cm³/mol. The van der Waals surface area contributed by atoms with Crippen molar-refractivity contribution in [3.05, 3.63) is 48.8 Å². The quantitative estimate of drug-likeness (QED) is 0.905. The summed E-state index contributed by atoms with van der Waals surface area (Å²) in [7, 11) is -3.27. The van der Waals surface area contributed by atoms with Gasteiger partial charge in [0.1, 0.15) is 0 Å². The van der Waals surface area contributed by atoms with E-state index >= 15 is 0 Å². The number of nitrogens with zero attached hydrogens (tertiary/aromatic N) is 1. The second-order valence-electron chi connectivity index (χ2n) is 3.70. The summed E-state index contributed by atoms with van der Waals surface area (Å²) in [6.45, 7) is 0. The van der Waals surface area contributed by atoms with Gasteiger partial charge in [-0.2, -0.15) is 0 Å². The van der Waals surface area contributed by atoms with Crippen LogP contribution in [0.2, 0.25) is 0 Å². The van der Waals surface area contributed by atoms with Gasteiger partial charge in [0.05, 0.1) is 18.1 Å². The lowest BCUT2D eigenvalue weighted by molar-refractivity contribution is 0.607. The van der Waals surface area contributed by atoms with Crippen LogP contribution in [0, 0.1) is 0 Å². The van der Waals surface area contributed by atoms with E-state index in [1.807, 2.05) is 30.3 Å². The number of sulfonamides is 1. The second kappa shape index (κ2) is 4.55. The Kier molecular flexibility index (Phi) is 3.10. The first-order chi connectivity index (χ1) is 8.04. The van der Waals surface area contributed by atoms with Crippen LogP contribution in [0.4, 0.5) is 5.69 Å². The zero-order chi connectivity index (χ0) is 12.3. The molecule has 0 aliphatic carbocycles. The highest BCUT2D eigenvalue weighted by Crippen LogP contribution is 2.21. The minimum absolute atomic E-state index is 0.467. The first-order valence-corrected chi connectivity index (χ1v) is 6.92. The van der Waals surface area contributed by atoms with Gasteiger partial charge in [-0.25, -0.2) is 8.42 Å². The third kappa shape index (κ3) is 3.29. The summed E-state index contributed by atoms with van der Waals surface area (Å²) < 4.78 is 24.6. The monoisotopic (exact) mass is 248 g/mol. The van der Waals surface area contributed by atoms with E-state index in [2.05, 4.69) is 9.71 Å². The van der Waals surface area contributed by atoms with Gasteiger partial charge in [-0.05, 0) is 11.6 Å². The molecule has 0 amide bonds. The van der Waals surface area contributed by atoms with Crippen molar-refractivity contribution in [1.82, 2.24) is 4.98 Å². The number of rotatable bonds is 3. The maximum Gasteiger partial charge on any atom is 0.229 e. The van der Waals surface area contributed by atoms with Gasteiger partial charge < -0.3 is 0 Å². The Morgan fingerprint density at radius 1 is 1.06 bits per heavy atom. The Labute approximate surface area is 100 Å². The van der Waals surface area contributed by atoms with Crippen LogP contribution >= 0.6 is 0 Å². The molecular formula is C12H12N2O2S. The third-order valence-corrected chi connectivity index (χ3v) is 2.76. The fraction of sp³-hybridized carbons (Fsp3) is 0.0833. The highest BCUT2D eigenvalue weighted by Gasteiger charge is 2.04. The summed E-state index contributed by atoms with van der Waals surface area (Å²) in [5.41, 5.74) is 2.34. The minimum Gasteiger partial charge on any atom is -0.282 e. The summed E-state index contributed by atoms with van der Waals surface area (Å²) in [6, 6.07) is 11.4. The third-order valence-electron chi connectivity index (χ3n) is 2.15. The lowest BCUT2D eigenvalue weighted by atomic mass is 10.1. The van der Waals surface area contributed by atoms with E-state index in [4.69, 9.17) is 0 Å². The van der Waals surface area contributed by atoms with Gasteiger partial charge in [-0.15, -0.1) is 0 Å². The van der Waals surface area contributed by atoms with Crippen molar-refractivity contribution in [3.8, 4) is 11.1 Å². The molecule has 5 heteroatoms. The van der Waals surface area contributed by atoms with Gasteiger partial charge in [0, 0.05) is 11.8 Å². The Balaban J connectivity index is 2.36. The molecular weight excluding hydrogens is 236 g/mol. The minimum atomic E-state index is -3.27. The fourth-order valence-electron chi connectivity index (χ4n) is 1.50. The zero-order valence-corrected chi connectivity index (χ0v) is 10.1. The fourth-order valence-corrected chi connectivity index (χ4v) is 2.04. The van der Waals surface area contributed by atoms with Crippen molar-refractivity contribution in [3.63, 3.8) is 0 Å². The molecule has 1 aromatic heterocycles. The SMILES string of the molecule is CS(=O)(=O)Nc1cncc(-c2ccccc2)c1. The van der Waals surface area contributed by atoms with Crippen LogP contribution in [0.25, 0.3) is 11.1 Å². The largest absolute Gasteiger partial charge is 0.282 e. The highest BCUT2D eigenvalue weighted by molar-refractivity contribution is 7.92. The first-order valence-electron chi connectivity index (χ1n) is 5.03. The molecule has 1 aromatic carbocycles. The number of pyridine rings is 1. The lowest BCUT2D eigenvalue weighted by Crippen LogP contribution is -2.09. The van der Waals surface area contributed by atoms with Crippen molar-refractivity contribution in [2.24, 2.45) is 0 Å². The molecule has 88 valence electrons. The zero-order valence-electron chi connectivity index (χ0n) is 9.29. The van der Waals surface area contributed by atoms with E-state index in [0.29, 0.717) is 5.69 Å². The smallest absolute Gasteiger partial charge is 0.229 e. The molecule has 0 bridgehead atoms. The Morgan fingerprint density at radius 3 is 2.41 bits per heavy atom. The van der Waals surface area contributed by atoms with Gasteiger partial charge in [0.15, 0.2) is 0 Å². The summed E-state index contributed by atoms with van der Waals surface area (Å²) in [5, 5.41) is 0. The molecule has 0 aliphatic rings. The molecule has 2 aromatic rings. The van der Waals surface area contributed by atoms with Crippen LogP contribution in [-0.4, -0.2) is 19.7 Å². The average molecular weight is 248 g/mol. The Bertz CT molecular complexity index is 609. The van der Waals surface area contributed by atoms with Crippen LogP contribution in [0.5, 0.6) is 0 Å². The molecule has 17 heavy (non-hydrogen) atoms. The number of benzene rings is 1. The number of nitrogens with one attached hydrogen (secondary N) is 1. The van der Waals surface area contributed by atoms with E-state index in [9.17, 15) is 8.42 Å². The van der Waals surface area contributed by atoms with E-state index in [0.717, 1.165) is 17.4 Å². The number of hydrogen-bond donors (Lipinski definition) is 1. The molecule has 1 N–H and O–H groups in total. The average Bonchev–Trinajstić information content (AvgIpc) is 2.28. The van der Waals surface area contributed by atoms with Crippen LogP contribution in [-0.2, 0) is 10.0 Å². The van der Waals surface area contributed by atoms with Crippen molar-refractivity contribution in [2.45, 2.75) is 0 Å². The van der Waals surface area contributed by atoms with E-state index in [1.165, 1.54) is 6.20 Å². The second-order valence-corrected chi connectivity index (χ2v) is 5.45. The summed E-state index contributed by atoms with van der Waals surface area (Å²) in [5.74, 6) is 0. The van der Waals surface area contributed by atoms with Crippen LogP contribution in [0.3, 0.4) is 0 Å². The van der Waals surface area contributed by atoms with Crippen LogP contribution < -0.4 is 4.72 Å². The van der Waals surface area contributed by atoms with Gasteiger partial charge in [0.2, 0.25) is 10.0 Å². The van der Waals surface area contributed by atoms with Gasteiger partial charge >= 0.3 is 0 Å². The first kappa shape index (κ1) is 11.6. The molecule has 0 atom stereocenters. The van der Waals surface area contributed by atoms with Crippen LogP contribution in [0.15, 0.2) is 48.8 Å². The molecule has 4 nitrogen and oxygen atoms in total. The molecule has 0 spiro atoms. The van der Waals surface area contributed by atoms with Gasteiger partial charge in [0.25, 0.3) is 0 Å². The normalized spacial score (nSPS) is 11.1. The summed E-state index contributed by atoms with van der Waals surface area (Å²) in [6.07, 6.45) is 4.29. The number of hydrogen-bond acceptors (Lipinski definition) is 3. The van der Waals surface area contributed by atoms with Gasteiger partial charge in [-0.3, -0.25) is 9.71 Å². The van der Waals surface area contributed by atoms with Crippen molar-refractivity contribution < 1.29 is 8.42 Å². The molecule has 0 aliphatic heterocycles. The van der Waals surface area contributed by atoms with Gasteiger partial charge in [-0.1, -0.05) is 30.3 Å². The van der Waals surface area contributed by atoms with Crippen LogP contribution in [0.1, 0.15) is 0 Å². The molecule has 0 radical (unpaired) electrons. The summed E-state index contributed by atoms with van der Waals surface area (Å²) >= 11 is 0. The maximum absolute atomic E-state index is 11.1. The molecule has 1 heterocycles. The maximum atomic E-state index is 11.1. The Hall–Kier alpha value is -1.88.